The predicted octanol–water partition coefficient (Wildman–Crippen LogP) is 3.99. The molecule has 1 fully saturated rings. The number of likely N-dealkylation sites (N-methyl/N-ethyl adjacent to an activating group) is 1. The van der Waals surface area contributed by atoms with Gasteiger partial charge in [0.2, 0.25) is 0 Å². The quantitative estimate of drug-likeness (QED) is 0.411. The zero-order valence-corrected chi connectivity index (χ0v) is 18.4. The Morgan fingerprint density at radius 2 is 1.83 bits per heavy atom. The lowest BCUT2D eigenvalue weighted by molar-refractivity contribution is -0.140. The summed E-state index contributed by atoms with van der Waals surface area (Å²) in [7, 11) is 5.16. The Labute approximate surface area is 185 Å². The Morgan fingerprint density at radius 3 is 2.43 bits per heavy atom. The maximum atomic E-state index is 13.0. The third-order valence-electron chi connectivity index (χ3n) is 4.91. The van der Waals surface area contributed by atoms with Gasteiger partial charge in [-0.2, -0.15) is 0 Å². The first-order valence-corrected chi connectivity index (χ1v) is 10.0. The number of methoxy groups -OCH3 is 1. The van der Waals surface area contributed by atoms with Gasteiger partial charge >= 0.3 is 0 Å². The van der Waals surface area contributed by atoms with Crippen molar-refractivity contribution < 1.29 is 19.4 Å². The highest BCUT2D eigenvalue weighted by Crippen LogP contribution is 2.43. The van der Waals surface area contributed by atoms with Gasteiger partial charge < -0.3 is 19.6 Å². The van der Waals surface area contributed by atoms with Crippen molar-refractivity contribution in [2.75, 3.05) is 34.3 Å². The second-order valence-electron chi connectivity index (χ2n) is 7.17. The lowest BCUT2D eigenvalue weighted by Gasteiger charge is -2.26. The fraction of sp³-hybridized carbons (Fsp3) is 0.273. The summed E-state index contributed by atoms with van der Waals surface area (Å²) in [6.45, 7) is 0.879. The molecule has 1 aliphatic rings. The number of likely N-dealkylation sites (tertiary alicyclic amines) is 1. The average Bonchev–Trinajstić information content (AvgIpc) is 2.96. The minimum atomic E-state index is -0.765. The topological polar surface area (TPSA) is 70.1 Å². The molecule has 0 spiro atoms. The smallest absolute Gasteiger partial charge is 0.295 e. The van der Waals surface area contributed by atoms with Crippen LogP contribution in [0.4, 0.5) is 0 Å². The molecular formula is C22H22Cl2N2O4. The highest BCUT2D eigenvalue weighted by molar-refractivity contribution is 6.46. The standard InChI is InChI=1S/C22H22Cl2N2O4/c1-25(2)9-10-26-18(13-7-5-4-6-8-13)17(20(28)22(26)29)19(27)15-11-14(23)12-16(24)21(15)30-3/h4-8,11-12,18,27H,9-10H2,1-3H3/b19-17+. The van der Waals surface area contributed by atoms with Gasteiger partial charge in [-0.15, -0.1) is 0 Å². The zero-order valence-electron chi connectivity index (χ0n) is 16.9. The molecule has 0 aromatic heterocycles. The molecule has 30 heavy (non-hydrogen) atoms. The monoisotopic (exact) mass is 448 g/mol. The largest absolute Gasteiger partial charge is 0.507 e. The number of aliphatic hydroxyl groups is 1. The molecular weight excluding hydrogens is 427 g/mol. The van der Waals surface area contributed by atoms with Crippen molar-refractivity contribution in [3.05, 3.63) is 69.2 Å². The maximum Gasteiger partial charge on any atom is 0.295 e. The van der Waals surface area contributed by atoms with Crippen LogP contribution >= 0.6 is 23.2 Å². The number of rotatable bonds is 6. The number of carbonyl (C=O) groups excluding carboxylic acids is 2. The first-order chi connectivity index (χ1) is 14.3. The molecule has 1 amide bonds. The Hall–Kier alpha value is -2.54. The molecule has 1 saturated heterocycles. The van der Waals surface area contributed by atoms with E-state index < -0.39 is 17.7 Å². The summed E-state index contributed by atoms with van der Waals surface area (Å²) in [5.41, 5.74) is 0.840. The van der Waals surface area contributed by atoms with E-state index in [4.69, 9.17) is 27.9 Å². The highest BCUT2D eigenvalue weighted by atomic mass is 35.5. The number of amides is 1. The van der Waals surface area contributed by atoms with Gasteiger partial charge in [0.1, 0.15) is 11.5 Å². The maximum absolute atomic E-state index is 13.0. The Morgan fingerprint density at radius 1 is 1.17 bits per heavy atom. The molecule has 1 N–H and O–H groups in total. The molecule has 1 aliphatic heterocycles. The number of ether oxygens (including phenoxy) is 1. The minimum absolute atomic E-state index is 0.0263. The van der Waals surface area contributed by atoms with E-state index in [1.165, 1.54) is 24.1 Å². The molecule has 1 atom stereocenters. The second kappa shape index (κ2) is 9.08. The van der Waals surface area contributed by atoms with Crippen LogP contribution in [0.15, 0.2) is 48.0 Å². The van der Waals surface area contributed by atoms with Crippen LogP contribution in [0.25, 0.3) is 5.76 Å². The van der Waals surface area contributed by atoms with Gasteiger partial charge in [-0.05, 0) is 31.8 Å². The van der Waals surface area contributed by atoms with Crippen LogP contribution in [0.3, 0.4) is 0 Å². The summed E-state index contributed by atoms with van der Waals surface area (Å²) < 4.78 is 5.32. The van der Waals surface area contributed by atoms with Gasteiger partial charge in [-0.25, -0.2) is 0 Å². The number of Topliss-reactive ketones (excluding diaryl/α,β-unsaturated/α-hetero) is 1. The molecule has 1 unspecified atom stereocenters. The van der Waals surface area contributed by atoms with Gasteiger partial charge in [0.25, 0.3) is 11.7 Å². The number of halogens is 2. The van der Waals surface area contributed by atoms with Crippen LogP contribution in [0.1, 0.15) is 17.2 Å². The number of nitrogens with zero attached hydrogens (tertiary/aromatic N) is 2. The summed E-state index contributed by atoms with van der Waals surface area (Å²) in [4.78, 5) is 29.3. The molecule has 2 aromatic rings. The average molecular weight is 449 g/mol. The van der Waals surface area contributed by atoms with Crippen LogP contribution in [-0.2, 0) is 9.59 Å². The predicted molar refractivity (Wildman–Crippen MR) is 117 cm³/mol. The third kappa shape index (κ3) is 4.17. The molecule has 158 valence electrons. The van der Waals surface area contributed by atoms with E-state index >= 15 is 0 Å². The molecule has 0 aliphatic carbocycles. The number of benzene rings is 2. The van der Waals surface area contributed by atoms with Crippen LogP contribution in [0.2, 0.25) is 10.0 Å². The van der Waals surface area contributed by atoms with Crippen molar-refractivity contribution in [3.63, 3.8) is 0 Å². The van der Waals surface area contributed by atoms with Gasteiger partial charge in [0.15, 0.2) is 0 Å². The molecule has 6 nitrogen and oxygen atoms in total. The fourth-order valence-corrected chi connectivity index (χ4v) is 4.06. The van der Waals surface area contributed by atoms with E-state index in [0.29, 0.717) is 18.7 Å². The molecule has 0 saturated carbocycles. The molecule has 0 bridgehead atoms. The zero-order chi connectivity index (χ0) is 22.0. The van der Waals surface area contributed by atoms with Crippen molar-refractivity contribution in [2.45, 2.75) is 6.04 Å². The summed E-state index contributed by atoms with van der Waals surface area (Å²) in [6, 6.07) is 11.3. The van der Waals surface area contributed by atoms with Gasteiger partial charge in [-0.3, -0.25) is 9.59 Å². The first kappa shape index (κ1) is 22.2. The summed E-state index contributed by atoms with van der Waals surface area (Å²) >= 11 is 12.3. The van der Waals surface area contributed by atoms with Crippen molar-refractivity contribution in [1.29, 1.82) is 0 Å². The Kier molecular flexibility index (Phi) is 6.71. The van der Waals surface area contributed by atoms with Gasteiger partial charge in [0.05, 0.1) is 29.3 Å². The van der Waals surface area contributed by atoms with E-state index in [2.05, 4.69) is 0 Å². The number of carbonyl (C=O) groups is 2. The lowest BCUT2D eigenvalue weighted by atomic mass is 9.95. The normalized spacial score (nSPS) is 18.3. The van der Waals surface area contributed by atoms with Crippen LogP contribution in [-0.4, -0.2) is 60.9 Å². The Bertz CT molecular complexity index is 1010. The van der Waals surface area contributed by atoms with Gasteiger partial charge in [-0.1, -0.05) is 53.5 Å². The molecule has 3 rings (SSSR count). The van der Waals surface area contributed by atoms with Crippen molar-refractivity contribution in [1.82, 2.24) is 9.80 Å². The molecule has 2 aromatic carbocycles. The van der Waals surface area contributed by atoms with Crippen molar-refractivity contribution >= 4 is 40.7 Å². The van der Waals surface area contributed by atoms with Crippen molar-refractivity contribution in [3.8, 4) is 5.75 Å². The highest BCUT2D eigenvalue weighted by Gasteiger charge is 2.46. The third-order valence-corrected chi connectivity index (χ3v) is 5.41. The summed E-state index contributed by atoms with van der Waals surface area (Å²) in [5, 5.41) is 11.6. The van der Waals surface area contributed by atoms with E-state index in [1.807, 2.05) is 49.3 Å². The molecule has 8 heteroatoms. The second-order valence-corrected chi connectivity index (χ2v) is 8.02. The lowest BCUT2D eigenvalue weighted by Crippen LogP contribution is -2.35. The number of ketones is 1. The summed E-state index contributed by atoms with van der Waals surface area (Å²) in [5.74, 6) is -1.64. The van der Waals surface area contributed by atoms with Crippen LogP contribution < -0.4 is 4.74 Å². The Balaban J connectivity index is 2.23. The van der Waals surface area contributed by atoms with Gasteiger partial charge in [0, 0.05) is 18.1 Å². The SMILES string of the molecule is COc1c(Cl)cc(Cl)cc1/C(O)=C1\C(=O)C(=O)N(CCN(C)C)C1c1ccccc1. The molecule has 0 radical (unpaired) electrons. The fourth-order valence-electron chi connectivity index (χ4n) is 3.49. The molecule has 1 heterocycles. The minimum Gasteiger partial charge on any atom is -0.507 e. The van der Waals surface area contributed by atoms with E-state index in [0.717, 1.165) is 0 Å². The number of aliphatic hydroxyl groups excluding tert-OH is 1. The van der Waals surface area contributed by atoms with Crippen LogP contribution in [0, 0.1) is 0 Å². The van der Waals surface area contributed by atoms with E-state index in [9.17, 15) is 14.7 Å². The van der Waals surface area contributed by atoms with Crippen LogP contribution in [0.5, 0.6) is 5.75 Å². The number of hydrogen-bond donors (Lipinski definition) is 1. The van der Waals surface area contributed by atoms with Crippen molar-refractivity contribution in [2.24, 2.45) is 0 Å². The first-order valence-electron chi connectivity index (χ1n) is 9.27. The number of hydrogen-bond acceptors (Lipinski definition) is 5. The van der Waals surface area contributed by atoms with E-state index in [1.54, 1.807) is 0 Å². The summed E-state index contributed by atoms with van der Waals surface area (Å²) in [6.07, 6.45) is 0. The van der Waals surface area contributed by atoms with E-state index in [-0.39, 0.29) is 32.7 Å².